The average Bonchev–Trinajstić information content (AvgIpc) is 3.01. The Balaban J connectivity index is 1.78. The lowest BCUT2D eigenvalue weighted by molar-refractivity contribution is -0.140. The van der Waals surface area contributed by atoms with Crippen LogP contribution in [0.5, 0.6) is 0 Å². The summed E-state index contributed by atoms with van der Waals surface area (Å²) in [6.45, 7) is 3.89. The van der Waals surface area contributed by atoms with Crippen molar-refractivity contribution in [3.05, 3.63) is 130 Å². The molecular formula is C34H35Cl2N3O4S. The molecule has 0 aliphatic rings. The maximum absolute atomic E-state index is 14.4. The summed E-state index contributed by atoms with van der Waals surface area (Å²) in [5.74, 6) is -0.691. The molecule has 0 heterocycles. The number of nitrogens with one attached hydrogen (secondary N) is 1. The molecular weight excluding hydrogens is 617 g/mol. The fraction of sp³-hybridized carbons (Fsp3) is 0.235. The van der Waals surface area contributed by atoms with Gasteiger partial charge in [-0.3, -0.25) is 13.9 Å². The first-order chi connectivity index (χ1) is 21.0. The van der Waals surface area contributed by atoms with Crippen molar-refractivity contribution in [3.8, 4) is 0 Å². The Bertz CT molecular complexity index is 1650. The van der Waals surface area contributed by atoms with Gasteiger partial charge in [0.15, 0.2) is 0 Å². The van der Waals surface area contributed by atoms with Crippen molar-refractivity contribution < 1.29 is 18.0 Å². The zero-order valence-electron chi connectivity index (χ0n) is 24.6. The molecule has 0 aliphatic heterocycles. The summed E-state index contributed by atoms with van der Waals surface area (Å²) < 4.78 is 29.1. The second-order valence-corrected chi connectivity index (χ2v) is 13.5. The SMILES string of the molecule is CC(C)CNC(=O)C(Cc1ccccc1)N(Cc1cccc(Cl)c1)C(=O)CN(c1ccccc1)S(=O)(=O)c1ccc(Cl)cc1. The average molecular weight is 653 g/mol. The summed E-state index contributed by atoms with van der Waals surface area (Å²) in [6, 6.07) is 29.7. The van der Waals surface area contributed by atoms with E-state index in [9.17, 15) is 18.0 Å². The van der Waals surface area contributed by atoms with Gasteiger partial charge in [-0.05, 0) is 65.6 Å². The fourth-order valence-electron chi connectivity index (χ4n) is 4.67. The minimum Gasteiger partial charge on any atom is -0.354 e. The van der Waals surface area contributed by atoms with Crippen LogP contribution in [0.4, 0.5) is 5.69 Å². The minimum atomic E-state index is -4.20. The van der Waals surface area contributed by atoms with Gasteiger partial charge in [-0.1, -0.05) is 97.7 Å². The molecule has 44 heavy (non-hydrogen) atoms. The number of hydrogen-bond donors (Lipinski definition) is 1. The van der Waals surface area contributed by atoms with Gasteiger partial charge < -0.3 is 10.2 Å². The van der Waals surface area contributed by atoms with E-state index >= 15 is 0 Å². The van der Waals surface area contributed by atoms with E-state index in [4.69, 9.17) is 23.2 Å². The van der Waals surface area contributed by atoms with E-state index in [1.165, 1.54) is 29.2 Å². The van der Waals surface area contributed by atoms with E-state index in [0.717, 1.165) is 9.87 Å². The highest BCUT2D eigenvalue weighted by Gasteiger charge is 2.34. The molecule has 7 nitrogen and oxygen atoms in total. The molecule has 4 rings (SSSR count). The van der Waals surface area contributed by atoms with Crippen LogP contribution in [-0.2, 0) is 32.6 Å². The van der Waals surface area contributed by atoms with E-state index in [0.29, 0.717) is 27.8 Å². The number of carbonyl (C=O) groups excluding carboxylic acids is 2. The van der Waals surface area contributed by atoms with Crippen LogP contribution in [0.15, 0.2) is 114 Å². The first-order valence-electron chi connectivity index (χ1n) is 14.2. The first kappa shape index (κ1) is 33.1. The lowest BCUT2D eigenvalue weighted by Crippen LogP contribution is -2.53. The van der Waals surface area contributed by atoms with Crippen LogP contribution >= 0.6 is 23.2 Å². The van der Waals surface area contributed by atoms with E-state index < -0.39 is 28.5 Å². The van der Waals surface area contributed by atoms with E-state index in [1.807, 2.05) is 50.2 Å². The number of para-hydroxylation sites is 1. The maximum atomic E-state index is 14.4. The Morgan fingerprint density at radius 3 is 2.00 bits per heavy atom. The van der Waals surface area contributed by atoms with E-state index in [2.05, 4.69) is 5.32 Å². The molecule has 0 saturated carbocycles. The van der Waals surface area contributed by atoms with Crippen LogP contribution in [0.1, 0.15) is 25.0 Å². The minimum absolute atomic E-state index is 0.0181. The molecule has 0 fully saturated rings. The molecule has 1 unspecified atom stereocenters. The topological polar surface area (TPSA) is 86.8 Å². The number of rotatable bonds is 13. The molecule has 4 aromatic rings. The van der Waals surface area contributed by atoms with Crippen molar-refractivity contribution in [1.82, 2.24) is 10.2 Å². The zero-order chi connectivity index (χ0) is 31.7. The highest BCUT2D eigenvalue weighted by atomic mass is 35.5. The number of carbonyl (C=O) groups is 2. The summed E-state index contributed by atoms with van der Waals surface area (Å²) in [6.07, 6.45) is 0.229. The van der Waals surface area contributed by atoms with Crippen molar-refractivity contribution in [2.24, 2.45) is 5.92 Å². The van der Waals surface area contributed by atoms with Gasteiger partial charge in [0, 0.05) is 29.6 Å². The summed E-state index contributed by atoms with van der Waals surface area (Å²) in [5, 5.41) is 3.84. The Morgan fingerprint density at radius 1 is 0.773 bits per heavy atom. The molecule has 0 aliphatic carbocycles. The van der Waals surface area contributed by atoms with E-state index in [-0.39, 0.29) is 29.7 Å². The standard InChI is InChI=1S/C34H35Cl2N3O4S/c1-25(2)22-37-34(41)32(21-26-10-5-3-6-11-26)38(23-27-12-9-13-29(36)20-27)33(40)24-39(30-14-7-4-8-15-30)44(42,43)31-18-16-28(35)17-19-31/h3-20,25,32H,21-24H2,1-2H3,(H,37,41). The number of sulfonamides is 1. The molecule has 0 aromatic heterocycles. The molecule has 0 saturated heterocycles. The third-order valence-electron chi connectivity index (χ3n) is 6.92. The number of anilines is 1. The van der Waals surface area contributed by atoms with Gasteiger partial charge in [0.05, 0.1) is 10.6 Å². The van der Waals surface area contributed by atoms with Crippen molar-refractivity contribution in [2.45, 2.75) is 37.8 Å². The zero-order valence-corrected chi connectivity index (χ0v) is 26.9. The van der Waals surface area contributed by atoms with Crippen molar-refractivity contribution in [1.29, 1.82) is 0 Å². The summed E-state index contributed by atoms with van der Waals surface area (Å²) in [7, 11) is -4.20. The molecule has 0 bridgehead atoms. The number of benzene rings is 4. The maximum Gasteiger partial charge on any atom is 0.264 e. The highest BCUT2D eigenvalue weighted by molar-refractivity contribution is 7.92. The summed E-state index contributed by atoms with van der Waals surface area (Å²) in [5.41, 5.74) is 1.87. The first-order valence-corrected chi connectivity index (χ1v) is 16.4. The number of amides is 2. The molecule has 0 radical (unpaired) electrons. The largest absolute Gasteiger partial charge is 0.354 e. The fourth-order valence-corrected chi connectivity index (χ4v) is 6.42. The van der Waals surface area contributed by atoms with Crippen molar-refractivity contribution >= 4 is 50.7 Å². The molecule has 0 spiro atoms. The third kappa shape index (κ3) is 8.85. The van der Waals surface area contributed by atoms with Gasteiger partial charge >= 0.3 is 0 Å². The van der Waals surface area contributed by atoms with Gasteiger partial charge in [0.1, 0.15) is 12.6 Å². The lowest BCUT2D eigenvalue weighted by atomic mass is 10.0. The highest BCUT2D eigenvalue weighted by Crippen LogP contribution is 2.26. The van der Waals surface area contributed by atoms with Crippen LogP contribution in [0.3, 0.4) is 0 Å². The van der Waals surface area contributed by atoms with Gasteiger partial charge in [-0.15, -0.1) is 0 Å². The third-order valence-corrected chi connectivity index (χ3v) is 9.20. The number of nitrogens with zero attached hydrogens (tertiary/aromatic N) is 2. The predicted octanol–water partition coefficient (Wildman–Crippen LogP) is 6.60. The molecule has 1 atom stereocenters. The molecule has 2 amide bonds. The second kappa shape index (κ2) is 15.2. The van der Waals surface area contributed by atoms with Crippen LogP contribution in [0.2, 0.25) is 10.0 Å². The molecule has 230 valence electrons. The van der Waals surface area contributed by atoms with Crippen LogP contribution in [0.25, 0.3) is 0 Å². The van der Waals surface area contributed by atoms with Crippen molar-refractivity contribution in [3.63, 3.8) is 0 Å². The summed E-state index contributed by atoms with van der Waals surface area (Å²) in [4.78, 5) is 29.6. The smallest absolute Gasteiger partial charge is 0.264 e. The number of halogens is 2. The van der Waals surface area contributed by atoms with Crippen LogP contribution in [-0.4, -0.2) is 44.3 Å². The van der Waals surface area contributed by atoms with Gasteiger partial charge in [-0.25, -0.2) is 8.42 Å². The Labute approximate surface area is 269 Å². The van der Waals surface area contributed by atoms with E-state index in [1.54, 1.807) is 48.5 Å². The second-order valence-electron chi connectivity index (χ2n) is 10.8. The van der Waals surface area contributed by atoms with Crippen LogP contribution in [0, 0.1) is 5.92 Å². The Kier molecular flexibility index (Phi) is 11.4. The quantitative estimate of drug-likeness (QED) is 0.176. The predicted molar refractivity (Wildman–Crippen MR) is 176 cm³/mol. The van der Waals surface area contributed by atoms with Gasteiger partial charge in [0.2, 0.25) is 11.8 Å². The Morgan fingerprint density at radius 2 is 1.39 bits per heavy atom. The summed E-state index contributed by atoms with van der Waals surface area (Å²) >= 11 is 12.3. The lowest BCUT2D eigenvalue weighted by Gasteiger charge is -2.34. The Hall–Kier alpha value is -3.85. The monoisotopic (exact) mass is 651 g/mol. The molecule has 4 aromatic carbocycles. The normalized spacial score (nSPS) is 12.0. The van der Waals surface area contributed by atoms with Gasteiger partial charge in [-0.2, -0.15) is 0 Å². The number of hydrogen-bond acceptors (Lipinski definition) is 4. The van der Waals surface area contributed by atoms with Gasteiger partial charge in [0.25, 0.3) is 10.0 Å². The van der Waals surface area contributed by atoms with Crippen LogP contribution < -0.4 is 9.62 Å². The molecule has 10 heteroatoms. The van der Waals surface area contributed by atoms with Crippen molar-refractivity contribution in [2.75, 3.05) is 17.4 Å². The molecule has 1 N–H and O–H groups in total.